The molecule has 0 saturated heterocycles. The summed E-state index contributed by atoms with van der Waals surface area (Å²) in [5, 5.41) is 8.62. The molecule has 0 rings (SSSR count). The maximum Gasteiger partial charge on any atom is 0.323 e. The van der Waals surface area contributed by atoms with Gasteiger partial charge in [0.2, 0.25) is 5.91 Å². The molecule has 144 valence electrons. The number of nitrogens with zero attached hydrogens (tertiary/aromatic N) is 1. The lowest BCUT2D eigenvalue weighted by molar-refractivity contribution is -0.143. The topological polar surface area (TPSA) is 94.1 Å². The zero-order valence-corrected chi connectivity index (χ0v) is 16.3. The summed E-state index contributed by atoms with van der Waals surface area (Å²) in [6.45, 7) is 2.06. The van der Waals surface area contributed by atoms with Gasteiger partial charge in [0.05, 0.1) is 0 Å². The number of unbranched alkanes of at least 4 members (excludes halogenated alkanes) is 12. The molecule has 0 aliphatic heterocycles. The standard InChI is InChI=1S/C19H37NO3.H3N/c1-3-4-5-6-7-8-9-10-11-12-13-14-15-16-18(21)20(2)17-19(22)23;/h3-17H2,1-2H3,(H,22,23);1H3/p+1. The second-order valence-electron chi connectivity index (χ2n) is 6.64. The Morgan fingerprint density at radius 3 is 1.50 bits per heavy atom. The van der Waals surface area contributed by atoms with E-state index in [2.05, 4.69) is 6.92 Å². The van der Waals surface area contributed by atoms with Gasteiger partial charge in [-0.1, -0.05) is 84.0 Å². The number of rotatable bonds is 16. The third kappa shape index (κ3) is 17.3. The number of hydrogen-bond acceptors (Lipinski definition) is 2. The quantitative estimate of drug-likeness (QED) is 0.367. The van der Waals surface area contributed by atoms with Gasteiger partial charge in [0.15, 0.2) is 0 Å². The smallest absolute Gasteiger partial charge is 0.323 e. The molecule has 24 heavy (non-hydrogen) atoms. The number of aliphatic carboxylic acids is 1. The number of carbonyl (C=O) groups is 2. The van der Waals surface area contributed by atoms with Crippen molar-refractivity contribution >= 4 is 11.9 Å². The number of hydrogen-bond donors (Lipinski definition) is 2. The van der Waals surface area contributed by atoms with Gasteiger partial charge < -0.3 is 16.2 Å². The number of carboxylic acid groups (broad SMARTS) is 1. The molecule has 5 nitrogen and oxygen atoms in total. The van der Waals surface area contributed by atoms with Crippen molar-refractivity contribution in [2.75, 3.05) is 13.6 Å². The van der Waals surface area contributed by atoms with Crippen molar-refractivity contribution in [1.82, 2.24) is 11.1 Å². The zero-order valence-electron chi connectivity index (χ0n) is 16.3. The minimum Gasteiger partial charge on any atom is -0.480 e. The van der Waals surface area contributed by atoms with Gasteiger partial charge >= 0.3 is 5.97 Å². The second kappa shape index (κ2) is 18.2. The summed E-state index contributed by atoms with van der Waals surface area (Å²) in [7, 11) is 1.55. The molecule has 5 N–H and O–H groups in total. The zero-order chi connectivity index (χ0) is 17.3. The van der Waals surface area contributed by atoms with Crippen LogP contribution in [0.3, 0.4) is 0 Å². The number of likely N-dealkylation sites (N-methyl/N-ethyl adjacent to an activating group) is 1. The number of quaternary nitrogens is 1. The minimum atomic E-state index is -0.953. The molecule has 0 radical (unpaired) electrons. The molecule has 0 heterocycles. The van der Waals surface area contributed by atoms with E-state index in [0.29, 0.717) is 6.42 Å². The van der Waals surface area contributed by atoms with Crippen LogP contribution in [0.4, 0.5) is 0 Å². The molecule has 0 fully saturated rings. The first-order valence-electron chi connectivity index (χ1n) is 9.53. The van der Waals surface area contributed by atoms with Gasteiger partial charge in [0.1, 0.15) is 6.54 Å². The SMILES string of the molecule is CCCCCCCCCCCCCCCC(=O)N(C)CC(=O)O.[NH4+]. The molecular formula is C19H41N2O3+. The molecule has 0 aromatic heterocycles. The third-order valence-electron chi connectivity index (χ3n) is 4.29. The molecule has 0 unspecified atom stereocenters. The summed E-state index contributed by atoms with van der Waals surface area (Å²) in [6.07, 6.45) is 17.2. The third-order valence-corrected chi connectivity index (χ3v) is 4.29. The van der Waals surface area contributed by atoms with Crippen molar-refractivity contribution in [2.24, 2.45) is 0 Å². The lowest BCUT2D eigenvalue weighted by Crippen LogP contribution is -2.31. The highest BCUT2D eigenvalue weighted by molar-refractivity contribution is 5.80. The first-order valence-corrected chi connectivity index (χ1v) is 9.53. The highest BCUT2D eigenvalue weighted by Crippen LogP contribution is 2.13. The molecule has 0 saturated carbocycles. The molecule has 5 heteroatoms. The van der Waals surface area contributed by atoms with Gasteiger partial charge in [0.25, 0.3) is 0 Å². The predicted molar refractivity (Wildman–Crippen MR) is 102 cm³/mol. The lowest BCUT2D eigenvalue weighted by Gasteiger charge is -2.14. The normalized spacial score (nSPS) is 10.2. The fourth-order valence-electron chi connectivity index (χ4n) is 2.78. The average molecular weight is 346 g/mol. The van der Waals surface area contributed by atoms with E-state index in [1.165, 1.54) is 75.5 Å². The van der Waals surface area contributed by atoms with E-state index >= 15 is 0 Å². The van der Waals surface area contributed by atoms with E-state index in [4.69, 9.17) is 5.11 Å². The van der Waals surface area contributed by atoms with E-state index < -0.39 is 5.97 Å². The summed E-state index contributed by atoms with van der Waals surface area (Å²) < 4.78 is 0. The molecule has 0 aromatic rings. The van der Waals surface area contributed by atoms with Crippen LogP contribution < -0.4 is 6.15 Å². The minimum absolute atomic E-state index is 0. The molecule has 0 spiro atoms. The van der Waals surface area contributed by atoms with E-state index in [-0.39, 0.29) is 18.6 Å². The monoisotopic (exact) mass is 345 g/mol. The van der Waals surface area contributed by atoms with Gasteiger partial charge in [-0.15, -0.1) is 0 Å². The van der Waals surface area contributed by atoms with Crippen LogP contribution in [0.5, 0.6) is 0 Å². The van der Waals surface area contributed by atoms with Gasteiger partial charge in [-0.3, -0.25) is 9.59 Å². The van der Waals surface area contributed by atoms with Crippen LogP contribution in [-0.4, -0.2) is 35.5 Å². The Balaban J connectivity index is 0. The van der Waals surface area contributed by atoms with Gasteiger partial charge in [-0.25, -0.2) is 0 Å². The van der Waals surface area contributed by atoms with E-state index in [9.17, 15) is 9.59 Å². The predicted octanol–water partition coefficient (Wildman–Crippen LogP) is 5.39. The van der Waals surface area contributed by atoms with Crippen molar-refractivity contribution in [1.29, 1.82) is 0 Å². The van der Waals surface area contributed by atoms with Crippen molar-refractivity contribution in [3.05, 3.63) is 0 Å². The van der Waals surface area contributed by atoms with Crippen molar-refractivity contribution in [3.63, 3.8) is 0 Å². The maximum absolute atomic E-state index is 11.6. The highest BCUT2D eigenvalue weighted by Gasteiger charge is 2.10. The Labute approximate surface area is 148 Å². The van der Waals surface area contributed by atoms with Crippen LogP contribution in [0.15, 0.2) is 0 Å². The van der Waals surface area contributed by atoms with Crippen molar-refractivity contribution < 1.29 is 14.7 Å². The highest BCUT2D eigenvalue weighted by atomic mass is 16.4. The van der Waals surface area contributed by atoms with Crippen molar-refractivity contribution in [2.45, 2.75) is 96.8 Å². The Kier molecular flexibility index (Phi) is 19.1. The average Bonchev–Trinajstić information content (AvgIpc) is 2.51. The van der Waals surface area contributed by atoms with Gasteiger partial charge in [0, 0.05) is 13.5 Å². The van der Waals surface area contributed by atoms with E-state index in [1.807, 2.05) is 0 Å². The molecule has 0 aromatic carbocycles. The van der Waals surface area contributed by atoms with Crippen LogP contribution in [0.1, 0.15) is 96.8 Å². The molecule has 0 aliphatic rings. The summed E-state index contributed by atoms with van der Waals surface area (Å²) in [5.74, 6) is -1.01. The Hall–Kier alpha value is -1.10. The van der Waals surface area contributed by atoms with Crippen LogP contribution in [0.25, 0.3) is 0 Å². The molecule has 1 amide bonds. The fraction of sp³-hybridized carbons (Fsp3) is 0.895. The number of carbonyl (C=O) groups excluding carboxylic acids is 1. The maximum atomic E-state index is 11.6. The molecule has 0 bridgehead atoms. The fourth-order valence-corrected chi connectivity index (χ4v) is 2.78. The Bertz CT molecular complexity index is 309. The first-order chi connectivity index (χ1) is 11.1. The number of carboxylic acids is 1. The summed E-state index contributed by atoms with van der Waals surface area (Å²) in [4.78, 5) is 23.4. The second-order valence-corrected chi connectivity index (χ2v) is 6.64. The van der Waals surface area contributed by atoms with Crippen LogP contribution in [-0.2, 0) is 9.59 Å². The van der Waals surface area contributed by atoms with Crippen LogP contribution in [0.2, 0.25) is 0 Å². The van der Waals surface area contributed by atoms with Crippen molar-refractivity contribution in [3.8, 4) is 0 Å². The summed E-state index contributed by atoms with van der Waals surface area (Å²) in [5.41, 5.74) is 0. The van der Waals surface area contributed by atoms with Gasteiger partial charge in [-0.05, 0) is 6.42 Å². The number of amides is 1. The largest absolute Gasteiger partial charge is 0.480 e. The lowest BCUT2D eigenvalue weighted by atomic mass is 10.0. The van der Waals surface area contributed by atoms with Crippen LogP contribution >= 0.6 is 0 Å². The molecule has 0 atom stereocenters. The Morgan fingerprint density at radius 1 is 0.750 bits per heavy atom. The molecule has 0 aliphatic carbocycles. The molecular weight excluding hydrogens is 304 g/mol. The van der Waals surface area contributed by atoms with E-state index in [1.54, 1.807) is 7.05 Å². The Morgan fingerprint density at radius 2 is 1.12 bits per heavy atom. The summed E-state index contributed by atoms with van der Waals surface area (Å²) >= 11 is 0. The first kappa shape index (κ1) is 25.1. The van der Waals surface area contributed by atoms with Crippen LogP contribution in [0, 0.1) is 0 Å². The van der Waals surface area contributed by atoms with Gasteiger partial charge in [-0.2, -0.15) is 0 Å². The van der Waals surface area contributed by atoms with E-state index in [0.717, 1.165) is 12.8 Å². The summed E-state index contributed by atoms with van der Waals surface area (Å²) in [6, 6.07) is 0.